The molecule has 0 fully saturated rings. The van der Waals surface area contributed by atoms with Crippen molar-refractivity contribution in [2.24, 2.45) is 0 Å². The van der Waals surface area contributed by atoms with Crippen LogP contribution in [0.2, 0.25) is 10.0 Å². The molecule has 0 atom stereocenters. The predicted octanol–water partition coefficient (Wildman–Crippen LogP) is 16.5. The number of hydrogen-bond donors (Lipinski definition) is 0. The maximum Gasteiger partial charge on any atom is 0.345 e. The zero-order chi connectivity index (χ0) is 56.0. The topological polar surface area (TPSA) is 143 Å². The van der Waals surface area contributed by atoms with E-state index < -0.39 is 11.3 Å². The summed E-state index contributed by atoms with van der Waals surface area (Å²) in [6.07, 6.45) is 13.9. The molecular weight excluding hydrogens is 1200 g/mol. The molecule has 82 heavy (non-hydrogen) atoms. The minimum absolute atomic E-state index is 0.237. The number of aromatic nitrogens is 6. The largest absolute Gasteiger partial charge is 0.422 e. The zero-order valence-corrected chi connectivity index (χ0v) is 48.0. The number of rotatable bonds is 9. The Labute approximate surface area is 494 Å². The number of hydrogen-bond acceptors (Lipinski definition) is 12. The third-order valence-electron chi connectivity index (χ3n) is 13.3. The molecule has 12 nitrogen and oxygen atoms in total. The number of nitrogens with zero attached hydrogens (tertiary/aromatic N) is 6. The minimum atomic E-state index is -0.397. The summed E-state index contributed by atoms with van der Waals surface area (Å²) in [6, 6.07) is 48.1. The van der Waals surface area contributed by atoms with Gasteiger partial charge in [0.05, 0.1) is 33.8 Å². The van der Waals surface area contributed by atoms with Crippen molar-refractivity contribution < 1.29 is 17.6 Å². The van der Waals surface area contributed by atoms with E-state index in [1.807, 2.05) is 135 Å². The molecule has 0 radical (unpaired) electrons. The van der Waals surface area contributed by atoms with Crippen LogP contribution >= 0.6 is 73.1 Å². The third kappa shape index (κ3) is 11.3. The fourth-order valence-corrected chi connectivity index (χ4v) is 13.0. The molecule has 0 aliphatic heterocycles. The van der Waals surface area contributed by atoms with Gasteiger partial charge in [-0.2, -0.15) is 0 Å². The molecule has 19 heteroatoms. The molecule has 0 unspecified atom stereocenters. The molecule has 9 heterocycles. The van der Waals surface area contributed by atoms with Crippen molar-refractivity contribution in [3.63, 3.8) is 0 Å². The van der Waals surface area contributed by atoms with Crippen LogP contribution in [0.3, 0.4) is 0 Å². The Hall–Kier alpha value is -8.55. The Morgan fingerprint density at radius 3 is 1.23 bits per heavy atom. The van der Waals surface area contributed by atoms with E-state index in [9.17, 15) is 18.8 Å². The predicted molar refractivity (Wildman–Crippen MR) is 329 cm³/mol. The van der Waals surface area contributed by atoms with E-state index in [1.54, 1.807) is 76.5 Å². The van der Waals surface area contributed by atoms with Crippen LogP contribution in [0.5, 0.6) is 0 Å². The molecule has 6 aromatic carbocycles. The van der Waals surface area contributed by atoms with Crippen LogP contribution in [0, 0.1) is 5.82 Å². The number of benzene rings is 6. The van der Waals surface area contributed by atoms with Crippen LogP contribution < -0.4 is 16.9 Å². The Kier molecular flexibility index (Phi) is 14.4. The van der Waals surface area contributed by atoms with E-state index in [-0.39, 0.29) is 11.4 Å². The first-order valence-electron chi connectivity index (χ1n) is 25.3. The highest BCUT2D eigenvalue weighted by Gasteiger charge is 2.18. The highest BCUT2D eigenvalue weighted by molar-refractivity contribution is 9.10. The number of thiazole rings is 3. The second-order valence-electron chi connectivity index (χ2n) is 19.0. The van der Waals surface area contributed by atoms with Gasteiger partial charge in [-0.25, -0.2) is 33.7 Å². The van der Waals surface area contributed by atoms with Crippen LogP contribution in [-0.2, 0) is 19.3 Å². The monoisotopic (exact) mass is 1240 g/mol. The first-order chi connectivity index (χ1) is 39.9. The van der Waals surface area contributed by atoms with Crippen molar-refractivity contribution in [3.05, 3.63) is 278 Å². The van der Waals surface area contributed by atoms with Gasteiger partial charge in [0.15, 0.2) is 14.9 Å². The second-order valence-corrected chi connectivity index (χ2v) is 24.1. The van der Waals surface area contributed by atoms with Gasteiger partial charge in [0.2, 0.25) is 0 Å². The van der Waals surface area contributed by atoms with Gasteiger partial charge in [0, 0.05) is 102 Å². The highest BCUT2D eigenvalue weighted by atomic mass is 79.9. The van der Waals surface area contributed by atoms with E-state index in [0.29, 0.717) is 73.4 Å². The minimum Gasteiger partial charge on any atom is -0.422 e. The summed E-state index contributed by atoms with van der Waals surface area (Å²) in [4.78, 5) is 56.8. The van der Waals surface area contributed by atoms with Gasteiger partial charge in [0.1, 0.15) is 22.6 Å². The fourth-order valence-electron chi connectivity index (χ4n) is 9.36. The summed E-state index contributed by atoms with van der Waals surface area (Å²) in [5, 5.41) is 3.96. The van der Waals surface area contributed by atoms with Gasteiger partial charge in [-0.3, -0.25) is 13.2 Å². The average molecular weight is 1240 g/mol. The van der Waals surface area contributed by atoms with E-state index in [2.05, 4.69) is 49.2 Å². The molecule has 0 bridgehead atoms. The smallest absolute Gasteiger partial charge is 0.345 e. The van der Waals surface area contributed by atoms with Gasteiger partial charge in [-0.15, -0.1) is 34.0 Å². The van der Waals surface area contributed by atoms with Crippen molar-refractivity contribution in [1.29, 1.82) is 0 Å². The van der Waals surface area contributed by atoms with E-state index in [1.165, 1.54) is 22.6 Å². The molecule has 0 saturated heterocycles. The fraction of sp³-hybridized carbons (Fsp3) is 0.0476. The molecule has 9 aromatic heterocycles. The zero-order valence-electron chi connectivity index (χ0n) is 42.5. The number of fused-ring (bicyclic) bond motifs is 6. The number of para-hydroxylation sites is 3. The lowest BCUT2D eigenvalue weighted by Gasteiger charge is -2.02. The molecular formula is C63H38BrCl2FN6O6S3. The van der Waals surface area contributed by atoms with Gasteiger partial charge in [-0.05, 0) is 95.6 Å². The quantitative estimate of drug-likeness (QED) is 0.129. The summed E-state index contributed by atoms with van der Waals surface area (Å²) < 4.78 is 36.2. The van der Waals surface area contributed by atoms with Gasteiger partial charge < -0.3 is 13.3 Å². The van der Waals surface area contributed by atoms with Crippen LogP contribution in [0.25, 0.3) is 81.6 Å². The van der Waals surface area contributed by atoms with Crippen LogP contribution in [0.15, 0.2) is 227 Å². The van der Waals surface area contributed by atoms with Crippen LogP contribution in [0.4, 0.5) is 4.39 Å². The summed E-state index contributed by atoms with van der Waals surface area (Å²) in [6.45, 7) is 0. The molecule has 0 spiro atoms. The van der Waals surface area contributed by atoms with Crippen molar-refractivity contribution in [1.82, 2.24) is 28.2 Å². The summed E-state index contributed by atoms with van der Waals surface area (Å²) >= 11 is 20.5. The van der Waals surface area contributed by atoms with E-state index in [0.717, 1.165) is 62.8 Å². The van der Waals surface area contributed by atoms with E-state index >= 15 is 0 Å². The molecule has 0 aliphatic rings. The maximum absolute atomic E-state index is 13.0. The lowest BCUT2D eigenvalue weighted by Crippen LogP contribution is -2.02. The van der Waals surface area contributed by atoms with Gasteiger partial charge in [-0.1, -0.05) is 118 Å². The number of halogens is 4. The Balaban J connectivity index is 0.000000115. The molecule has 0 N–H and O–H groups in total. The highest BCUT2D eigenvalue weighted by Crippen LogP contribution is 2.31. The Bertz CT molecular complexity index is 4770. The van der Waals surface area contributed by atoms with Gasteiger partial charge >= 0.3 is 16.9 Å². The normalized spacial score (nSPS) is 11.5. The number of imidazole rings is 3. The molecule has 15 aromatic rings. The first kappa shape index (κ1) is 52.8. The van der Waals surface area contributed by atoms with E-state index in [4.69, 9.17) is 36.5 Å². The molecule has 15 rings (SSSR count). The van der Waals surface area contributed by atoms with Crippen molar-refractivity contribution in [2.75, 3.05) is 0 Å². The molecule has 402 valence electrons. The Morgan fingerprint density at radius 1 is 0.451 bits per heavy atom. The van der Waals surface area contributed by atoms with Gasteiger partial charge in [0.25, 0.3) is 0 Å². The summed E-state index contributed by atoms with van der Waals surface area (Å²) in [7, 11) is 0. The summed E-state index contributed by atoms with van der Waals surface area (Å²) in [5.74, 6) is -0.237. The van der Waals surface area contributed by atoms with Crippen molar-refractivity contribution >= 4 is 121 Å². The summed E-state index contributed by atoms with van der Waals surface area (Å²) in [5.41, 5.74) is 7.02. The lowest BCUT2D eigenvalue weighted by molar-refractivity contribution is 0.563. The molecule has 0 amide bonds. The molecule has 0 aliphatic carbocycles. The van der Waals surface area contributed by atoms with Crippen molar-refractivity contribution in [3.8, 4) is 33.8 Å². The maximum atomic E-state index is 13.0. The SMILES string of the molecule is O=c1oc2ccccc2cc1-c1cn2cc(Cc3cc(Cl)ccc3Cl)sc2n1.O=c1oc2ccccc2cc1-c1cn2cc(Cc3ccc(Br)cc3)sc2n1.O=c1oc2ccccc2cc1-c1cn2cc(Cc3ccc(F)cc3)sc2n1. The standard InChI is InChI=1S/C21H13BrN2O2S.C21H12Cl2N2O2S.C21H13FN2O2S/c22-15-7-5-13(6-8-15)9-16-11-24-12-18(23-21(24)27-16)17-10-14-3-1-2-4-19(14)26-20(17)25;22-14-5-6-17(23)13(7-14)8-15-10-25-11-18(24-21(25)28-15)16-9-12-3-1-2-4-19(12)27-20(16)26;22-15-7-5-13(6-8-15)9-16-11-24-12-18(23-21(24)27-16)17-10-14-3-1-2-4-19(14)26-20(17)25/h1-8,10-12H,9H2;1-7,9-11H,8H2;1-8,10-12H,9H2. The first-order valence-corrected chi connectivity index (χ1v) is 29.3. The van der Waals surface area contributed by atoms with Crippen molar-refractivity contribution in [2.45, 2.75) is 19.3 Å². The lowest BCUT2D eigenvalue weighted by atomic mass is 10.1. The molecule has 0 saturated carbocycles. The van der Waals surface area contributed by atoms with Crippen LogP contribution in [-0.4, -0.2) is 28.2 Å². The Morgan fingerprint density at radius 2 is 0.829 bits per heavy atom. The van der Waals surface area contributed by atoms with Crippen LogP contribution in [0.1, 0.15) is 31.3 Å². The average Bonchev–Trinajstić information content (AvgIpc) is 4.54. The second kappa shape index (κ2) is 22.4. The third-order valence-corrected chi connectivity index (χ3v) is 17.4.